The number of nitrogens with zero attached hydrogens (tertiary/aromatic N) is 4. The van der Waals surface area contributed by atoms with E-state index in [2.05, 4.69) is 25.1 Å². The third-order valence-electron chi connectivity index (χ3n) is 4.20. The van der Waals surface area contributed by atoms with Gasteiger partial charge in [-0.3, -0.25) is 14.6 Å². The standard InChI is InChI=1S/C17H19N5O2S2/c23-15(20-17-18-3-9-25-17)10-21-4-6-22(7-5-21)11-16-19-13(12-26-16)14-2-1-8-24-14/h1-3,8-9,12H,4-7,10-11H2,(H,18,20,23). The van der Waals surface area contributed by atoms with E-state index >= 15 is 0 Å². The molecule has 0 saturated carbocycles. The van der Waals surface area contributed by atoms with Gasteiger partial charge in [0.25, 0.3) is 0 Å². The molecule has 3 aromatic rings. The summed E-state index contributed by atoms with van der Waals surface area (Å²) in [7, 11) is 0. The van der Waals surface area contributed by atoms with Crippen LogP contribution in [-0.2, 0) is 11.3 Å². The van der Waals surface area contributed by atoms with Crippen molar-refractivity contribution in [3.63, 3.8) is 0 Å². The van der Waals surface area contributed by atoms with Crippen molar-refractivity contribution in [1.29, 1.82) is 0 Å². The number of hydrogen-bond donors (Lipinski definition) is 1. The molecule has 4 heterocycles. The Balaban J connectivity index is 1.23. The maximum absolute atomic E-state index is 12.0. The van der Waals surface area contributed by atoms with Crippen molar-refractivity contribution in [3.05, 3.63) is 40.4 Å². The van der Waals surface area contributed by atoms with Crippen molar-refractivity contribution >= 4 is 33.7 Å². The molecule has 26 heavy (non-hydrogen) atoms. The van der Waals surface area contributed by atoms with Gasteiger partial charge in [0.1, 0.15) is 10.7 Å². The molecule has 0 aromatic carbocycles. The van der Waals surface area contributed by atoms with Gasteiger partial charge >= 0.3 is 0 Å². The summed E-state index contributed by atoms with van der Waals surface area (Å²) in [6.07, 6.45) is 3.35. The van der Waals surface area contributed by atoms with Crippen molar-refractivity contribution in [3.8, 4) is 11.5 Å². The van der Waals surface area contributed by atoms with Crippen LogP contribution in [0.1, 0.15) is 5.01 Å². The Morgan fingerprint density at radius 3 is 2.81 bits per heavy atom. The highest BCUT2D eigenvalue weighted by Crippen LogP contribution is 2.23. The van der Waals surface area contributed by atoms with E-state index in [9.17, 15) is 4.79 Å². The second-order valence-electron chi connectivity index (χ2n) is 6.04. The van der Waals surface area contributed by atoms with Gasteiger partial charge in [0.2, 0.25) is 5.91 Å². The van der Waals surface area contributed by atoms with E-state index < -0.39 is 0 Å². The summed E-state index contributed by atoms with van der Waals surface area (Å²) in [4.78, 5) is 25.3. The first kappa shape index (κ1) is 17.3. The van der Waals surface area contributed by atoms with Gasteiger partial charge in [0.05, 0.1) is 19.4 Å². The smallest absolute Gasteiger partial charge is 0.240 e. The fourth-order valence-electron chi connectivity index (χ4n) is 2.86. The maximum atomic E-state index is 12.0. The van der Waals surface area contributed by atoms with Gasteiger partial charge in [-0.2, -0.15) is 0 Å². The number of furan rings is 1. The van der Waals surface area contributed by atoms with Gasteiger partial charge in [-0.1, -0.05) is 0 Å². The number of carbonyl (C=O) groups is 1. The fourth-order valence-corrected chi connectivity index (χ4v) is 4.23. The average molecular weight is 390 g/mol. The summed E-state index contributed by atoms with van der Waals surface area (Å²) in [5.74, 6) is 0.806. The molecular weight excluding hydrogens is 370 g/mol. The number of carbonyl (C=O) groups excluding carboxylic acids is 1. The molecule has 0 unspecified atom stereocenters. The first-order valence-electron chi connectivity index (χ1n) is 8.38. The quantitative estimate of drug-likeness (QED) is 0.699. The third kappa shape index (κ3) is 4.36. The van der Waals surface area contributed by atoms with Gasteiger partial charge in [-0.25, -0.2) is 9.97 Å². The molecule has 1 N–H and O–H groups in total. The van der Waals surface area contributed by atoms with Crippen molar-refractivity contribution in [2.24, 2.45) is 0 Å². The summed E-state index contributed by atoms with van der Waals surface area (Å²) in [5.41, 5.74) is 0.896. The average Bonchev–Trinajstić information content (AvgIpc) is 3.38. The van der Waals surface area contributed by atoms with Crippen LogP contribution in [0.2, 0.25) is 0 Å². The molecule has 1 amide bonds. The van der Waals surface area contributed by atoms with Gasteiger partial charge in [0, 0.05) is 43.1 Å². The summed E-state index contributed by atoms with van der Waals surface area (Å²) >= 11 is 3.09. The van der Waals surface area contributed by atoms with Crippen LogP contribution in [0, 0.1) is 0 Å². The Hall–Kier alpha value is -2.07. The Kier molecular flexibility index (Phi) is 5.40. The number of nitrogens with one attached hydrogen (secondary N) is 1. The zero-order chi connectivity index (χ0) is 17.8. The van der Waals surface area contributed by atoms with Crippen molar-refractivity contribution in [1.82, 2.24) is 19.8 Å². The van der Waals surface area contributed by atoms with Crippen LogP contribution in [0.4, 0.5) is 5.13 Å². The van der Waals surface area contributed by atoms with Crippen LogP contribution >= 0.6 is 22.7 Å². The van der Waals surface area contributed by atoms with Gasteiger partial charge < -0.3 is 9.73 Å². The Morgan fingerprint density at radius 2 is 2.08 bits per heavy atom. The fraction of sp³-hybridized carbons (Fsp3) is 0.353. The van der Waals surface area contributed by atoms with Crippen LogP contribution in [0.25, 0.3) is 11.5 Å². The number of anilines is 1. The second kappa shape index (κ2) is 8.09. The van der Waals surface area contributed by atoms with E-state index in [1.807, 2.05) is 22.9 Å². The Bertz CT molecular complexity index is 823. The van der Waals surface area contributed by atoms with Gasteiger partial charge in [0.15, 0.2) is 10.9 Å². The molecule has 9 heteroatoms. The second-order valence-corrected chi connectivity index (χ2v) is 7.88. The van der Waals surface area contributed by atoms with E-state index in [-0.39, 0.29) is 5.91 Å². The summed E-state index contributed by atoms with van der Waals surface area (Å²) < 4.78 is 5.39. The molecule has 0 spiro atoms. The number of aromatic nitrogens is 2. The van der Waals surface area contributed by atoms with Crippen molar-refractivity contribution in [2.45, 2.75) is 6.54 Å². The highest BCUT2D eigenvalue weighted by molar-refractivity contribution is 7.13. The molecule has 136 valence electrons. The molecule has 1 fully saturated rings. The molecule has 0 bridgehead atoms. The van der Waals surface area contributed by atoms with Gasteiger partial charge in [-0.15, -0.1) is 22.7 Å². The lowest BCUT2D eigenvalue weighted by molar-refractivity contribution is -0.117. The van der Waals surface area contributed by atoms with Crippen LogP contribution < -0.4 is 5.32 Å². The minimum absolute atomic E-state index is 0.00332. The molecule has 1 saturated heterocycles. The number of rotatable bonds is 6. The van der Waals surface area contributed by atoms with E-state index in [1.54, 1.807) is 23.8 Å². The maximum Gasteiger partial charge on any atom is 0.240 e. The van der Waals surface area contributed by atoms with Crippen LogP contribution in [0.5, 0.6) is 0 Å². The zero-order valence-corrected chi connectivity index (χ0v) is 15.8. The van der Waals surface area contributed by atoms with E-state index in [1.165, 1.54) is 11.3 Å². The lowest BCUT2D eigenvalue weighted by Crippen LogP contribution is -2.48. The van der Waals surface area contributed by atoms with Crippen LogP contribution in [0.15, 0.2) is 39.8 Å². The van der Waals surface area contributed by atoms with Crippen LogP contribution in [0.3, 0.4) is 0 Å². The highest BCUT2D eigenvalue weighted by Gasteiger charge is 2.20. The number of hydrogen-bond acceptors (Lipinski definition) is 8. The SMILES string of the molecule is O=C(CN1CCN(Cc2nc(-c3ccco3)cs2)CC1)Nc1nccs1. The summed E-state index contributed by atoms with van der Waals surface area (Å²) in [6, 6.07) is 3.80. The van der Waals surface area contributed by atoms with E-state index in [0.29, 0.717) is 11.7 Å². The normalized spacial score (nSPS) is 16.0. The number of thiazole rings is 2. The molecule has 7 nitrogen and oxygen atoms in total. The Morgan fingerprint density at radius 1 is 1.23 bits per heavy atom. The predicted molar refractivity (Wildman–Crippen MR) is 102 cm³/mol. The monoisotopic (exact) mass is 389 g/mol. The van der Waals surface area contributed by atoms with E-state index in [4.69, 9.17) is 4.42 Å². The van der Waals surface area contributed by atoms with Crippen LogP contribution in [-0.4, -0.2) is 58.4 Å². The summed E-state index contributed by atoms with van der Waals surface area (Å²) in [6.45, 7) is 4.86. The molecule has 1 aliphatic rings. The molecule has 0 radical (unpaired) electrons. The largest absolute Gasteiger partial charge is 0.463 e. The minimum atomic E-state index is -0.00332. The zero-order valence-electron chi connectivity index (χ0n) is 14.1. The highest BCUT2D eigenvalue weighted by atomic mass is 32.1. The molecule has 4 rings (SSSR count). The van der Waals surface area contributed by atoms with Gasteiger partial charge in [-0.05, 0) is 12.1 Å². The van der Waals surface area contributed by atoms with E-state index in [0.717, 1.165) is 49.2 Å². The first-order valence-corrected chi connectivity index (χ1v) is 10.1. The summed E-state index contributed by atoms with van der Waals surface area (Å²) in [5, 5.41) is 8.47. The lowest BCUT2D eigenvalue weighted by atomic mass is 10.3. The lowest BCUT2D eigenvalue weighted by Gasteiger charge is -2.33. The number of piperazine rings is 1. The predicted octanol–water partition coefficient (Wildman–Crippen LogP) is 2.62. The third-order valence-corrected chi connectivity index (χ3v) is 5.72. The molecular formula is C17H19N5O2S2. The molecule has 0 atom stereocenters. The number of amides is 1. The minimum Gasteiger partial charge on any atom is -0.463 e. The topological polar surface area (TPSA) is 74.5 Å². The molecule has 0 aliphatic carbocycles. The van der Waals surface area contributed by atoms with Crippen molar-refractivity contribution in [2.75, 3.05) is 38.0 Å². The van der Waals surface area contributed by atoms with Crippen molar-refractivity contribution < 1.29 is 9.21 Å². The molecule has 1 aliphatic heterocycles. The Labute approximate surface area is 159 Å². The first-order chi connectivity index (χ1) is 12.8. The molecule has 3 aromatic heterocycles.